The molecule has 6 nitrogen and oxygen atoms in total. The van der Waals surface area contributed by atoms with Crippen molar-refractivity contribution in [2.24, 2.45) is 0 Å². The molecule has 0 bridgehead atoms. The Bertz CT molecular complexity index is 1300. The molecule has 4 rings (SSSR count). The molecule has 32 heavy (non-hydrogen) atoms. The van der Waals surface area contributed by atoms with Gasteiger partial charge < -0.3 is 15.2 Å². The maximum Gasteiger partial charge on any atom is 0.261 e. The molecule has 0 radical (unpaired) electrons. The Morgan fingerprint density at radius 1 is 0.812 bits per heavy atom. The molecule has 0 saturated heterocycles. The van der Waals surface area contributed by atoms with Gasteiger partial charge in [0.15, 0.2) is 0 Å². The molecule has 0 fully saturated rings. The van der Waals surface area contributed by atoms with E-state index in [1.807, 2.05) is 6.07 Å². The van der Waals surface area contributed by atoms with Gasteiger partial charge in [0.25, 0.3) is 11.8 Å². The molecule has 0 unspecified atom stereocenters. The van der Waals surface area contributed by atoms with Crippen molar-refractivity contribution < 1.29 is 14.1 Å². The highest BCUT2D eigenvalue weighted by atomic mass is 35.5. The molecule has 0 saturated carbocycles. The number of amides is 2. The molecule has 1 heterocycles. The van der Waals surface area contributed by atoms with Gasteiger partial charge in [-0.2, -0.15) is 0 Å². The molecular weight excluding hydrogens is 449 g/mol. The number of anilines is 2. The van der Waals surface area contributed by atoms with Gasteiger partial charge in [-0.05, 0) is 37.3 Å². The molecule has 4 aromatic rings. The van der Waals surface area contributed by atoms with E-state index in [4.69, 9.17) is 27.7 Å². The number of halogens is 2. The van der Waals surface area contributed by atoms with Crippen LogP contribution in [0, 0.1) is 6.92 Å². The number of rotatable bonds is 5. The van der Waals surface area contributed by atoms with Crippen LogP contribution >= 0.6 is 23.2 Å². The van der Waals surface area contributed by atoms with Crippen LogP contribution in [0.3, 0.4) is 0 Å². The van der Waals surface area contributed by atoms with Crippen LogP contribution in [0.2, 0.25) is 10.0 Å². The average molecular weight is 466 g/mol. The number of aromatic nitrogens is 1. The van der Waals surface area contributed by atoms with Crippen molar-refractivity contribution >= 4 is 46.4 Å². The Kier molecular flexibility index (Phi) is 6.25. The lowest BCUT2D eigenvalue weighted by atomic mass is 10.1. The second-order valence-corrected chi connectivity index (χ2v) is 7.69. The van der Waals surface area contributed by atoms with Crippen molar-refractivity contribution in [3.05, 3.63) is 99.7 Å². The van der Waals surface area contributed by atoms with Crippen LogP contribution in [0.15, 0.2) is 77.3 Å². The van der Waals surface area contributed by atoms with Gasteiger partial charge in [-0.1, -0.05) is 70.8 Å². The zero-order chi connectivity index (χ0) is 22.7. The third-order valence-electron chi connectivity index (χ3n) is 4.76. The van der Waals surface area contributed by atoms with E-state index in [-0.39, 0.29) is 22.2 Å². The van der Waals surface area contributed by atoms with Crippen LogP contribution in [-0.2, 0) is 0 Å². The lowest BCUT2D eigenvalue weighted by Gasteiger charge is -2.14. The van der Waals surface area contributed by atoms with Crippen molar-refractivity contribution in [1.82, 2.24) is 5.16 Å². The normalized spacial score (nSPS) is 10.6. The minimum absolute atomic E-state index is 0.235. The second-order valence-electron chi connectivity index (χ2n) is 6.88. The number of nitrogens with one attached hydrogen (secondary N) is 2. The summed E-state index contributed by atoms with van der Waals surface area (Å²) in [5.41, 5.74) is 2.20. The third-order valence-corrected chi connectivity index (χ3v) is 5.40. The number of para-hydroxylation sites is 1. The summed E-state index contributed by atoms with van der Waals surface area (Å²) >= 11 is 12.6. The fraction of sp³-hybridized carbons (Fsp3) is 0.0417. The van der Waals surface area contributed by atoms with E-state index < -0.39 is 5.91 Å². The van der Waals surface area contributed by atoms with Gasteiger partial charge >= 0.3 is 0 Å². The van der Waals surface area contributed by atoms with Gasteiger partial charge in [0.1, 0.15) is 17.0 Å². The van der Waals surface area contributed by atoms with E-state index >= 15 is 0 Å². The maximum atomic E-state index is 13.2. The molecule has 0 aliphatic rings. The summed E-state index contributed by atoms with van der Waals surface area (Å²) in [4.78, 5) is 25.9. The first kappa shape index (κ1) is 21.6. The lowest BCUT2D eigenvalue weighted by Crippen LogP contribution is -2.18. The largest absolute Gasteiger partial charge is 0.360 e. The number of benzene rings is 3. The maximum absolute atomic E-state index is 13.2. The summed E-state index contributed by atoms with van der Waals surface area (Å²) in [6.07, 6.45) is 0. The van der Waals surface area contributed by atoms with Crippen LogP contribution in [0.1, 0.15) is 26.5 Å². The minimum Gasteiger partial charge on any atom is -0.360 e. The zero-order valence-electron chi connectivity index (χ0n) is 16.9. The molecule has 0 aliphatic carbocycles. The molecule has 160 valence electrons. The molecule has 0 spiro atoms. The van der Waals surface area contributed by atoms with Crippen molar-refractivity contribution in [2.45, 2.75) is 6.92 Å². The number of nitrogens with zero attached hydrogens (tertiary/aromatic N) is 1. The van der Waals surface area contributed by atoms with Gasteiger partial charge in [0.05, 0.1) is 21.4 Å². The molecule has 8 heteroatoms. The first-order chi connectivity index (χ1) is 15.5. The molecule has 0 aliphatic heterocycles. The SMILES string of the molecule is Cc1onc(-c2ccccc2Cl)c1C(=O)Nc1cccc(Cl)c1NC(=O)c1ccccc1. The lowest BCUT2D eigenvalue weighted by molar-refractivity contribution is 0.101. The van der Waals surface area contributed by atoms with Gasteiger partial charge in [-0.15, -0.1) is 0 Å². The van der Waals surface area contributed by atoms with Crippen LogP contribution < -0.4 is 10.6 Å². The van der Waals surface area contributed by atoms with Crippen molar-refractivity contribution in [3.8, 4) is 11.3 Å². The second kappa shape index (κ2) is 9.26. The quantitative estimate of drug-likeness (QED) is 0.354. The number of carbonyl (C=O) groups excluding carboxylic acids is 2. The van der Waals surface area contributed by atoms with E-state index in [0.717, 1.165) is 0 Å². The standard InChI is InChI=1S/C24H17Cl2N3O3/c1-14-20(21(29-32-14)16-10-5-6-11-17(16)25)24(31)27-19-13-7-12-18(26)22(19)28-23(30)15-8-3-2-4-9-15/h2-13H,1H3,(H,27,31)(H,28,30). The summed E-state index contributed by atoms with van der Waals surface area (Å²) in [6.45, 7) is 1.64. The zero-order valence-corrected chi connectivity index (χ0v) is 18.4. The Labute approximate surface area is 194 Å². The Hall–Kier alpha value is -3.61. The summed E-state index contributed by atoms with van der Waals surface area (Å²) in [5, 5.41) is 10.3. The van der Waals surface area contributed by atoms with E-state index in [1.165, 1.54) is 0 Å². The van der Waals surface area contributed by atoms with Crippen molar-refractivity contribution in [3.63, 3.8) is 0 Å². The molecule has 2 amide bonds. The average Bonchev–Trinajstić information content (AvgIpc) is 3.18. The molecular formula is C24H17Cl2N3O3. The highest BCUT2D eigenvalue weighted by Gasteiger charge is 2.24. The van der Waals surface area contributed by atoms with Crippen LogP contribution in [0.4, 0.5) is 11.4 Å². The summed E-state index contributed by atoms with van der Waals surface area (Å²) in [6, 6.07) is 20.7. The molecule has 1 aromatic heterocycles. The van der Waals surface area contributed by atoms with Crippen molar-refractivity contribution in [1.29, 1.82) is 0 Å². The predicted octanol–water partition coefficient (Wildman–Crippen LogP) is 6.46. The van der Waals surface area contributed by atoms with E-state index in [2.05, 4.69) is 15.8 Å². The van der Waals surface area contributed by atoms with Crippen LogP contribution in [0.25, 0.3) is 11.3 Å². The molecule has 0 atom stereocenters. The highest BCUT2D eigenvalue weighted by molar-refractivity contribution is 6.35. The Morgan fingerprint density at radius 3 is 2.25 bits per heavy atom. The van der Waals surface area contributed by atoms with Gasteiger partial charge in [0.2, 0.25) is 0 Å². The van der Waals surface area contributed by atoms with Gasteiger partial charge in [-0.25, -0.2) is 0 Å². The number of hydrogen-bond acceptors (Lipinski definition) is 4. The van der Waals surface area contributed by atoms with Crippen LogP contribution in [0.5, 0.6) is 0 Å². The van der Waals surface area contributed by atoms with E-state index in [1.54, 1.807) is 73.7 Å². The topological polar surface area (TPSA) is 84.2 Å². The third kappa shape index (κ3) is 4.37. The number of aryl methyl sites for hydroxylation is 1. The van der Waals surface area contributed by atoms with Crippen LogP contribution in [-0.4, -0.2) is 17.0 Å². The molecule has 3 aromatic carbocycles. The van der Waals surface area contributed by atoms with E-state index in [0.29, 0.717) is 33.3 Å². The Balaban J connectivity index is 1.66. The minimum atomic E-state index is -0.476. The highest BCUT2D eigenvalue weighted by Crippen LogP contribution is 2.34. The smallest absolute Gasteiger partial charge is 0.261 e. The predicted molar refractivity (Wildman–Crippen MR) is 125 cm³/mol. The fourth-order valence-electron chi connectivity index (χ4n) is 3.19. The van der Waals surface area contributed by atoms with Gasteiger partial charge in [0, 0.05) is 11.1 Å². The summed E-state index contributed by atoms with van der Waals surface area (Å²) in [7, 11) is 0. The van der Waals surface area contributed by atoms with Gasteiger partial charge in [-0.3, -0.25) is 9.59 Å². The Morgan fingerprint density at radius 2 is 1.50 bits per heavy atom. The summed E-state index contributed by atoms with van der Waals surface area (Å²) < 4.78 is 5.27. The monoisotopic (exact) mass is 465 g/mol. The number of hydrogen-bond donors (Lipinski definition) is 2. The number of carbonyl (C=O) groups is 2. The fourth-order valence-corrected chi connectivity index (χ4v) is 3.64. The first-order valence-electron chi connectivity index (χ1n) is 9.63. The van der Waals surface area contributed by atoms with Crippen molar-refractivity contribution in [2.75, 3.05) is 10.6 Å². The molecule has 2 N–H and O–H groups in total. The summed E-state index contributed by atoms with van der Waals surface area (Å²) in [5.74, 6) is -0.502. The van der Waals surface area contributed by atoms with E-state index in [9.17, 15) is 9.59 Å². The first-order valence-corrected chi connectivity index (χ1v) is 10.4.